The highest BCUT2D eigenvalue weighted by molar-refractivity contribution is 14.1. The molecular weight excluding hydrogens is 612 g/mol. The van der Waals surface area contributed by atoms with E-state index in [2.05, 4.69) is 50.9 Å². The lowest BCUT2D eigenvalue weighted by atomic mass is 10.0. The van der Waals surface area contributed by atoms with Crippen LogP contribution in [0, 0.1) is 7.14 Å². The minimum atomic E-state index is -1.19. The summed E-state index contributed by atoms with van der Waals surface area (Å²) in [4.78, 5) is 23.7. The van der Waals surface area contributed by atoms with Crippen LogP contribution in [-0.2, 0) is 11.2 Å². The molecule has 1 atom stereocenters. The number of hydrogen-bond acceptors (Lipinski definition) is 5. The number of phenolic OH excluding ortho intramolecular Hbond substituents is 1. The number of carbonyl (C=O) groups excluding carboxylic acids is 2. The van der Waals surface area contributed by atoms with Gasteiger partial charge in [0.05, 0.1) is 18.7 Å². The first-order valence-electron chi connectivity index (χ1n) is 8.88. The van der Waals surface area contributed by atoms with E-state index >= 15 is 0 Å². The van der Waals surface area contributed by atoms with Gasteiger partial charge in [-0.05, 0) is 81.1 Å². The monoisotopic (exact) mass is 629 g/mol. The Balaban J connectivity index is 1.88. The van der Waals surface area contributed by atoms with Gasteiger partial charge in [0, 0.05) is 12.0 Å². The predicted molar refractivity (Wildman–Crippen MR) is 125 cm³/mol. The van der Waals surface area contributed by atoms with Crippen LogP contribution in [0.2, 0.25) is 0 Å². The van der Waals surface area contributed by atoms with E-state index in [1.165, 1.54) is 12.1 Å². The molecule has 30 heavy (non-hydrogen) atoms. The van der Waals surface area contributed by atoms with Gasteiger partial charge >= 0.3 is 0 Å². The summed E-state index contributed by atoms with van der Waals surface area (Å²) in [6.07, 6.45) is 0.254. The van der Waals surface area contributed by atoms with Crippen LogP contribution < -0.4 is 15.6 Å². The summed E-state index contributed by atoms with van der Waals surface area (Å²) >= 11 is 4.22. The van der Waals surface area contributed by atoms with Gasteiger partial charge in [-0.1, -0.05) is 30.3 Å². The van der Waals surface area contributed by atoms with E-state index in [1.54, 1.807) is 30.3 Å². The second-order valence-electron chi connectivity index (χ2n) is 6.58. The highest BCUT2D eigenvalue weighted by Crippen LogP contribution is 2.35. The summed E-state index contributed by atoms with van der Waals surface area (Å²) < 4.78 is 7.57. The third kappa shape index (κ3) is 5.29. The van der Waals surface area contributed by atoms with E-state index in [1.807, 2.05) is 18.2 Å². The first-order chi connectivity index (χ1) is 14.3. The van der Waals surface area contributed by atoms with E-state index in [-0.39, 0.29) is 23.5 Å². The number of phenols is 1. The number of rotatable bonds is 7. The zero-order valence-electron chi connectivity index (χ0n) is 15.6. The van der Waals surface area contributed by atoms with Gasteiger partial charge in [0.25, 0.3) is 0 Å². The molecule has 0 amide bonds. The Morgan fingerprint density at radius 2 is 1.67 bits per heavy atom. The molecule has 0 aliphatic carbocycles. The topological polar surface area (TPSA) is 114 Å². The minimum absolute atomic E-state index is 0.125. The summed E-state index contributed by atoms with van der Waals surface area (Å²) in [6.45, 7) is 0. The summed E-state index contributed by atoms with van der Waals surface area (Å²) in [5, 5.41) is 21.1. The quantitative estimate of drug-likeness (QED) is 0.308. The molecule has 0 saturated carbocycles. The van der Waals surface area contributed by atoms with E-state index < -0.39 is 12.0 Å². The fraction of sp³-hybridized carbons (Fsp3) is 0.0909. The van der Waals surface area contributed by atoms with Crippen molar-refractivity contribution in [3.63, 3.8) is 0 Å². The van der Waals surface area contributed by atoms with Crippen molar-refractivity contribution >= 4 is 56.9 Å². The van der Waals surface area contributed by atoms with Crippen LogP contribution in [0.4, 0.5) is 0 Å². The van der Waals surface area contributed by atoms with Crippen LogP contribution in [0.3, 0.4) is 0 Å². The van der Waals surface area contributed by atoms with Crippen molar-refractivity contribution < 1.29 is 30.3 Å². The number of ether oxygens (including phenoxy) is 1. The SMILES string of the molecule is [NH3+]C(Cc1cc(I)c(Oc2ccc(O)c(C(=O)c3ccccc3)c2)c(I)c1)C(=O)[O-]. The third-order valence-corrected chi connectivity index (χ3v) is 5.94. The van der Waals surface area contributed by atoms with Gasteiger partial charge in [0.2, 0.25) is 0 Å². The third-order valence-electron chi connectivity index (χ3n) is 4.34. The van der Waals surface area contributed by atoms with E-state index in [0.717, 1.165) is 12.7 Å². The first-order valence-corrected chi connectivity index (χ1v) is 11.0. The smallest absolute Gasteiger partial charge is 0.196 e. The van der Waals surface area contributed by atoms with Gasteiger partial charge < -0.3 is 25.5 Å². The van der Waals surface area contributed by atoms with Crippen LogP contribution in [0.25, 0.3) is 0 Å². The maximum atomic E-state index is 12.7. The Kier molecular flexibility index (Phi) is 7.32. The number of carboxylic acid groups (broad SMARTS) is 1. The number of ketones is 1. The standard InChI is InChI=1S/C22H17I2NO5/c23-16-8-12(10-18(25)22(28)29)9-17(24)21(16)30-14-6-7-19(26)15(11-14)20(27)13-4-2-1-3-5-13/h1-9,11,18,26H,10,25H2,(H,28,29). The average Bonchev–Trinajstić information content (AvgIpc) is 2.72. The van der Waals surface area contributed by atoms with E-state index in [9.17, 15) is 19.8 Å². The highest BCUT2D eigenvalue weighted by Gasteiger charge is 2.17. The number of quaternary nitrogens is 1. The zero-order valence-corrected chi connectivity index (χ0v) is 19.9. The van der Waals surface area contributed by atoms with Crippen molar-refractivity contribution in [2.75, 3.05) is 0 Å². The summed E-state index contributed by atoms with van der Waals surface area (Å²) in [5.41, 5.74) is 5.01. The minimum Gasteiger partial charge on any atom is -0.544 e. The maximum absolute atomic E-state index is 12.7. The number of halogens is 2. The summed E-state index contributed by atoms with van der Waals surface area (Å²) in [5.74, 6) is -0.639. The van der Waals surface area contributed by atoms with Crippen molar-refractivity contribution in [2.24, 2.45) is 0 Å². The van der Waals surface area contributed by atoms with Gasteiger partial charge in [-0.15, -0.1) is 0 Å². The number of benzene rings is 3. The molecule has 0 saturated heterocycles. The molecule has 0 fully saturated rings. The van der Waals surface area contributed by atoms with Gasteiger partial charge in [-0.3, -0.25) is 4.79 Å². The molecule has 3 aromatic rings. The van der Waals surface area contributed by atoms with Crippen molar-refractivity contribution in [1.82, 2.24) is 0 Å². The normalized spacial score (nSPS) is 11.7. The predicted octanol–water partition coefficient (Wildman–Crippen LogP) is 2.53. The number of aliphatic carboxylic acids is 1. The molecule has 0 aliphatic rings. The molecule has 6 nitrogen and oxygen atoms in total. The zero-order chi connectivity index (χ0) is 21.8. The van der Waals surface area contributed by atoms with Crippen LogP contribution in [0.5, 0.6) is 17.2 Å². The molecule has 154 valence electrons. The van der Waals surface area contributed by atoms with Crippen molar-refractivity contribution in [2.45, 2.75) is 12.5 Å². The van der Waals surface area contributed by atoms with Gasteiger partial charge in [-0.2, -0.15) is 0 Å². The maximum Gasteiger partial charge on any atom is 0.196 e. The molecule has 8 heteroatoms. The van der Waals surface area contributed by atoms with Gasteiger partial charge in [0.15, 0.2) is 11.5 Å². The lowest BCUT2D eigenvalue weighted by Crippen LogP contribution is -2.69. The van der Waals surface area contributed by atoms with Crippen LogP contribution in [0.15, 0.2) is 60.7 Å². The highest BCUT2D eigenvalue weighted by atomic mass is 127. The fourth-order valence-electron chi connectivity index (χ4n) is 2.82. The lowest BCUT2D eigenvalue weighted by Gasteiger charge is -2.15. The lowest BCUT2D eigenvalue weighted by molar-refractivity contribution is -0.437. The Hall–Kier alpha value is -2.18. The second kappa shape index (κ2) is 9.75. The molecule has 3 aromatic carbocycles. The van der Waals surface area contributed by atoms with Gasteiger partial charge in [-0.25, -0.2) is 0 Å². The van der Waals surface area contributed by atoms with Crippen molar-refractivity contribution in [3.05, 3.63) is 84.5 Å². The molecular formula is C22H17I2NO5. The first kappa shape index (κ1) is 22.5. The average molecular weight is 629 g/mol. The van der Waals surface area contributed by atoms with Crippen LogP contribution >= 0.6 is 45.2 Å². The largest absolute Gasteiger partial charge is 0.544 e. The molecule has 4 N–H and O–H groups in total. The number of hydrogen-bond donors (Lipinski definition) is 2. The molecule has 1 unspecified atom stereocenters. The van der Waals surface area contributed by atoms with Crippen molar-refractivity contribution in [1.29, 1.82) is 0 Å². The molecule has 0 heterocycles. The summed E-state index contributed by atoms with van der Waals surface area (Å²) in [7, 11) is 0. The number of aromatic hydroxyl groups is 1. The Morgan fingerprint density at radius 3 is 2.27 bits per heavy atom. The Labute approximate surface area is 200 Å². The van der Waals surface area contributed by atoms with Crippen LogP contribution in [-0.4, -0.2) is 22.9 Å². The number of carbonyl (C=O) groups is 2. The van der Waals surface area contributed by atoms with Gasteiger partial charge in [0.1, 0.15) is 17.5 Å². The molecule has 3 rings (SSSR count). The van der Waals surface area contributed by atoms with Crippen LogP contribution in [0.1, 0.15) is 21.5 Å². The Bertz CT molecular complexity index is 1080. The molecule has 0 spiro atoms. The van der Waals surface area contributed by atoms with Crippen molar-refractivity contribution in [3.8, 4) is 17.2 Å². The molecule has 0 aliphatic heterocycles. The Morgan fingerprint density at radius 1 is 1.03 bits per heavy atom. The number of carboxylic acids is 1. The molecule has 0 radical (unpaired) electrons. The van der Waals surface area contributed by atoms with E-state index in [0.29, 0.717) is 17.1 Å². The second-order valence-corrected chi connectivity index (χ2v) is 8.91. The molecule has 0 bridgehead atoms. The molecule has 0 aromatic heterocycles. The summed E-state index contributed by atoms with van der Waals surface area (Å²) in [6, 6.07) is 16.0. The fourth-order valence-corrected chi connectivity index (χ4v) is 4.94. The van der Waals surface area contributed by atoms with E-state index in [4.69, 9.17) is 4.74 Å².